The molecule has 19 heavy (non-hydrogen) atoms. The fourth-order valence-corrected chi connectivity index (χ4v) is 2.17. The normalized spacial score (nSPS) is 12.9. The molecule has 0 aromatic heterocycles. The molecule has 0 aliphatic carbocycles. The highest BCUT2D eigenvalue weighted by Gasteiger charge is 2.35. The van der Waals surface area contributed by atoms with E-state index >= 15 is 0 Å². The van der Waals surface area contributed by atoms with Crippen molar-refractivity contribution in [3.8, 4) is 0 Å². The number of nitrogens with zero attached hydrogens (tertiary/aromatic N) is 1. The molecule has 0 aliphatic heterocycles. The number of likely N-dealkylation sites (N-methyl/N-ethyl adjacent to an activating group) is 1. The van der Waals surface area contributed by atoms with Crippen LogP contribution in [0.4, 0.5) is 0 Å². The quantitative estimate of drug-likeness (QED) is 0.695. The summed E-state index contributed by atoms with van der Waals surface area (Å²) in [6.45, 7) is 11.1. The van der Waals surface area contributed by atoms with Crippen LogP contribution >= 0.6 is 0 Å². The summed E-state index contributed by atoms with van der Waals surface area (Å²) in [6.07, 6.45) is 1.36. The first-order valence-corrected chi connectivity index (χ1v) is 7.22. The Labute approximate surface area is 116 Å². The van der Waals surface area contributed by atoms with E-state index in [4.69, 9.17) is 5.73 Å². The summed E-state index contributed by atoms with van der Waals surface area (Å²) in [5.41, 5.74) is 5.18. The van der Waals surface area contributed by atoms with Gasteiger partial charge in [-0.25, -0.2) is 0 Å². The van der Waals surface area contributed by atoms with Crippen molar-refractivity contribution < 1.29 is 9.59 Å². The van der Waals surface area contributed by atoms with Crippen LogP contribution in [0.2, 0.25) is 0 Å². The summed E-state index contributed by atoms with van der Waals surface area (Å²) >= 11 is 0. The summed E-state index contributed by atoms with van der Waals surface area (Å²) in [5.74, 6) is -0.163. The standard InChI is InChI=1S/C14H29N3O2/c1-6-14(7-2,10-15)13(19)16-11(5)12(18)17(8-3)9-4/h11H,6-10,15H2,1-5H3,(H,16,19). The molecule has 0 rings (SSSR count). The Morgan fingerprint density at radius 1 is 1.16 bits per heavy atom. The highest BCUT2D eigenvalue weighted by molar-refractivity contribution is 5.90. The molecule has 0 heterocycles. The molecule has 0 spiro atoms. The molecule has 0 aromatic carbocycles. The molecular weight excluding hydrogens is 242 g/mol. The van der Waals surface area contributed by atoms with Gasteiger partial charge in [-0.15, -0.1) is 0 Å². The molecule has 5 heteroatoms. The lowest BCUT2D eigenvalue weighted by Crippen LogP contribution is -2.53. The lowest BCUT2D eigenvalue weighted by atomic mass is 9.81. The Morgan fingerprint density at radius 2 is 1.63 bits per heavy atom. The van der Waals surface area contributed by atoms with Crippen LogP contribution in [0, 0.1) is 5.41 Å². The van der Waals surface area contributed by atoms with Crippen LogP contribution in [-0.4, -0.2) is 42.4 Å². The van der Waals surface area contributed by atoms with E-state index in [-0.39, 0.29) is 11.8 Å². The second kappa shape index (κ2) is 8.15. The van der Waals surface area contributed by atoms with Crippen LogP contribution in [0.5, 0.6) is 0 Å². The van der Waals surface area contributed by atoms with E-state index in [9.17, 15) is 9.59 Å². The van der Waals surface area contributed by atoms with Gasteiger partial charge in [-0.2, -0.15) is 0 Å². The predicted octanol–water partition coefficient (Wildman–Crippen LogP) is 1.12. The van der Waals surface area contributed by atoms with Gasteiger partial charge < -0.3 is 16.0 Å². The van der Waals surface area contributed by atoms with Gasteiger partial charge in [-0.3, -0.25) is 9.59 Å². The molecule has 0 saturated heterocycles. The van der Waals surface area contributed by atoms with E-state index in [2.05, 4.69) is 5.32 Å². The van der Waals surface area contributed by atoms with E-state index in [0.29, 0.717) is 32.5 Å². The van der Waals surface area contributed by atoms with Crippen molar-refractivity contribution in [3.05, 3.63) is 0 Å². The van der Waals surface area contributed by atoms with E-state index in [1.807, 2.05) is 27.7 Å². The van der Waals surface area contributed by atoms with Gasteiger partial charge in [-0.1, -0.05) is 13.8 Å². The van der Waals surface area contributed by atoms with E-state index in [1.54, 1.807) is 11.8 Å². The van der Waals surface area contributed by atoms with Crippen molar-refractivity contribution in [3.63, 3.8) is 0 Å². The second-order valence-electron chi connectivity index (χ2n) is 4.90. The monoisotopic (exact) mass is 271 g/mol. The number of nitrogens with two attached hydrogens (primary N) is 1. The molecule has 5 nitrogen and oxygen atoms in total. The maximum absolute atomic E-state index is 12.3. The van der Waals surface area contributed by atoms with Gasteiger partial charge in [-0.05, 0) is 33.6 Å². The van der Waals surface area contributed by atoms with Crippen LogP contribution in [-0.2, 0) is 9.59 Å². The van der Waals surface area contributed by atoms with Gasteiger partial charge in [0.1, 0.15) is 6.04 Å². The van der Waals surface area contributed by atoms with Crippen LogP contribution in [0.1, 0.15) is 47.5 Å². The minimum absolute atomic E-state index is 0.0449. The van der Waals surface area contributed by atoms with Gasteiger partial charge in [0.2, 0.25) is 11.8 Å². The van der Waals surface area contributed by atoms with Gasteiger partial charge in [0, 0.05) is 19.6 Å². The smallest absolute Gasteiger partial charge is 0.244 e. The van der Waals surface area contributed by atoms with Crippen LogP contribution in [0.3, 0.4) is 0 Å². The minimum Gasteiger partial charge on any atom is -0.344 e. The van der Waals surface area contributed by atoms with Crippen molar-refractivity contribution in [2.45, 2.75) is 53.5 Å². The molecule has 0 fully saturated rings. The first-order valence-electron chi connectivity index (χ1n) is 7.22. The fraction of sp³-hybridized carbons (Fsp3) is 0.857. The molecular formula is C14H29N3O2. The average molecular weight is 271 g/mol. The highest BCUT2D eigenvalue weighted by atomic mass is 16.2. The summed E-state index contributed by atoms with van der Waals surface area (Å²) in [5, 5.41) is 2.81. The third kappa shape index (κ3) is 4.20. The maximum atomic E-state index is 12.3. The zero-order valence-corrected chi connectivity index (χ0v) is 13.0. The SMILES string of the molecule is CCN(CC)C(=O)C(C)NC(=O)C(CC)(CC)CN. The molecule has 112 valence electrons. The molecule has 3 N–H and O–H groups in total. The predicted molar refractivity (Wildman–Crippen MR) is 77.6 cm³/mol. The highest BCUT2D eigenvalue weighted by Crippen LogP contribution is 2.25. The molecule has 0 aromatic rings. The molecule has 2 amide bonds. The zero-order chi connectivity index (χ0) is 15.1. The van der Waals surface area contributed by atoms with Gasteiger partial charge in [0.05, 0.1) is 5.41 Å². The average Bonchev–Trinajstić information content (AvgIpc) is 2.42. The summed E-state index contributed by atoms with van der Waals surface area (Å²) in [4.78, 5) is 26.1. The molecule has 0 bridgehead atoms. The number of hydrogen-bond acceptors (Lipinski definition) is 3. The molecule has 0 saturated carbocycles. The first kappa shape index (κ1) is 17.9. The van der Waals surface area contributed by atoms with Crippen LogP contribution in [0.15, 0.2) is 0 Å². The van der Waals surface area contributed by atoms with E-state index < -0.39 is 11.5 Å². The number of carbonyl (C=O) groups is 2. The first-order chi connectivity index (χ1) is 8.92. The van der Waals surface area contributed by atoms with Crippen molar-refractivity contribution in [1.82, 2.24) is 10.2 Å². The molecule has 1 unspecified atom stereocenters. The molecule has 1 atom stereocenters. The van der Waals surface area contributed by atoms with Gasteiger partial charge in [0.15, 0.2) is 0 Å². The zero-order valence-electron chi connectivity index (χ0n) is 13.0. The summed E-state index contributed by atoms with van der Waals surface area (Å²) in [7, 11) is 0. The Kier molecular flexibility index (Phi) is 7.68. The van der Waals surface area contributed by atoms with Crippen molar-refractivity contribution in [1.29, 1.82) is 0 Å². The Bertz CT molecular complexity index is 289. The van der Waals surface area contributed by atoms with Crippen molar-refractivity contribution >= 4 is 11.8 Å². The Morgan fingerprint density at radius 3 is 1.95 bits per heavy atom. The lowest BCUT2D eigenvalue weighted by Gasteiger charge is -2.31. The topological polar surface area (TPSA) is 75.4 Å². The summed E-state index contributed by atoms with van der Waals surface area (Å²) < 4.78 is 0. The maximum Gasteiger partial charge on any atom is 0.244 e. The van der Waals surface area contributed by atoms with Gasteiger partial charge in [0.25, 0.3) is 0 Å². The molecule has 0 aliphatic rings. The van der Waals surface area contributed by atoms with E-state index in [1.165, 1.54) is 0 Å². The third-order valence-corrected chi connectivity index (χ3v) is 4.02. The second-order valence-corrected chi connectivity index (χ2v) is 4.90. The van der Waals surface area contributed by atoms with Crippen LogP contribution in [0.25, 0.3) is 0 Å². The molecule has 0 radical (unpaired) electrons. The number of carbonyl (C=O) groups excluding carboxylic acids is 2. The minimum atomic E-state index is -0.558. The largest absolute Gasteiger partial charge is 0.344 e. The third-order valence-electron chi connectivity index (χ3n) is 4.02. The van der Waals surface area contributed by atoms with Crippen LogP contribution < -0.4 is 11.1 Å². The number of rotatable bonds is 8. The van der Waals surface area contributed by atoms with Gasteiger partial charge >= 0.3 is 0 Å². The number of nitrogens with one attached hydrogen (secondary N) is 1. The summed E-state index contributed by atoms with van der Waals surface area (Å²) in [6, 6.07) is -0.503. The number of amides is 2. The fourth-order valence-electron chi connectivity index (χ4n) is 2.17. The van der Waals surface area contributed by atoms with Crippen molar-refractivity contribution in [2.75, 3.05) is 19.6 Å². The van der Waals surface area contributed by atoms with E-state index in [0.717, 1.165) is 0 Å². The Hall–Kier alpha value is -1.10. The van der Waals surface area contributed by atoms with Crippen molar-refractivity contribution in [2.24, 2.45) is 11.1 Å². The lowest BCUT2D eigenvalue weighted by molar-refractivity contribution is -0.139. The number of hydrogen-bond donors (Lipinski definition) is 2. The Balaban J connectivity index is 4.76.